The van der Waals surface area contributed by atoms with Gasteiger partial charge in [0.15, 0.2) is 0 Å². The van der Waals surface area contributed by atoms with Gasteiger partial charge in [0.05, 0.1) is 4.83 Å². The Morgan fingerprint density at radius 3 is 2.67 bits per heavy atom. The summed E-state index contributed by atoms with van der Waals surface area (Å²) in [5.74, 6) is 0.415. The van der Waals surface area contributed by atoms with Crippen LogP contribution < -0.4 is 0 Å². The van der Waals surface area contributed by atoms with Crippen LogP contribution in [0.1, 0.15) is 37.8 Å². The van der Waals surface area contributed by atoms with E-state index in [1.807, 2.05) is 0 Å². The molecule has 0 aromatic heterocycles. The summed E-state index contributed by atoms with van der Waals surface area (Å²) >= 11 is 3.44. The molecular weight excluding hydrogens is 252 g/mol. The van der Waals surface area contributed by atoms with E-state index in [0.29, 0.717) is 0 Å². The number of carbonyl (C=O) groups excluding carboxylic acids is 1. The molecule has 0 heterocycles. The van der Waals surface area contributed by atoms with Crippen LogP contribution in [-0.2, 0) is 11.2 Å². The molecule has 0 spiro atoms. The molecule has 0 saturated carbocycles. The van der Waals surface area contributed by atoms with Crippen LogP contribution in [0, 0.1) is 0 Å². The third kappa shape index (κ3) is 3.16. The Morgan fingerprint density at radius 2 is 2.13 bits per heavy atom. The summed E-state index contributed by atoms with van der Waals surface area (Å²) in [6.45, 7) is 5.84. The van der Waals surface area contributed by atoms with Gasteiger partial charge in [-0.15, -0.1) is 0 Å². The third-order valence-electron chi connectivity index (χ3n) is 2.71. The zero-order chi connectivity index (χ0) is 11.4. The highest BCUT2D eigenvalue weighted by Crippen LogP contribution is 2.26. The van der Waals surface area contributed by atoms with Crippen molar-refractivity contribution in [3.8, 4) is 0 Å². The Hall–Kier alpha value is -0.630. The Kier molecular flexibility index (Phi) is 4.52. The monoisotopic (exact) mass is 268 g/mol. The lowest BCUT2D eigenvalue weighted by atomic mass is 9.94. The quantitative estimate of drug-likeness (QED) is 0.761. The fourth-order valence-corrected chi connectivity index (χ4v) is 1.92. The van der Waals surface area contributed by atoms with Crippen LogP contribution in [0.25, 0.3) is 0 Å². The van der Waals surface area contributed by atoms with Gasteiger partial charge >= 0.3 is 0 Å². The van der Waals surface area contributed by atoms with Gasteiger partial charge in [-0.1, -0.05) is 54.0 Å². The lowest BCUT2D eigenvalue weighted by Crippen LogP contribution is -2.17. The first-order valence-corrected chi connectivity index (χ1v) is 6.21. The molecule has 0 bridgehead atoms. The topological polar surface area (TPSA) is 17.1 Å². The van der Waals surface area contributed by atoms with Gasteiger partial charge in [-0.05, 0) is 24.5 Å². The minimum Gasteiger partial charge on any atom is -0.299 e. The second-order valence-electron chi connectivity index (χ2n) is 3.90. The molecule has 1 rings (SSSR count). The number of Topliss-reactive ketones (excluding diaryl/α,β-unsaturated/α-hetero) is 1. The molecule has 0 N–H and O–H groups in total. The molecule has 82 valence electrons. The summed E-state index contributed by atoms with van der Waals surface area (Å²) in [6, 6.07) is 8.45. The van der Waals surface area contributed by atoms with Gasteiger partial charge in [-0.25, -0.2) is 0 Å². The van der Waals surface area contributed by atoms with Gasteiger partial charge in [0.1, 0.15) is 5.78 Å². The normalized spacial score (nSPS) is 14.7. The lowest BCUT2D eigenvalue weighted by Gasteiger charge is -2.16. The van der Waals surface area contributed by atoms with Gasteiger partial charge in [0.2, 0.25) is 0 Å². The number of benzene rings is 1. The second kappa shape index (κ2) is 5.45. The molecule has 1 nitrogen and oxygen atoms in total. The first-order chi connectivity index (χ1) is 7.06. The molecule has 0 aliphatic heterocycles. The number of hydrogen-bond donors (Lipinski definition) is 0. The molecule has 15 heavy (non-hydrogen) atoms. The van der Waals surface area contributed by atoms with Gasteiger partial charge in [0, 0.05) is 5.92 Å². The van der Waals surface area contributed by atoms with E-state index in [2.05, 4.69) is 54.0 Å². The highest BCUT2D eigenvalue weighted by atomic mass is 79.9. The van der Waals surface area contributed by atoms with Crippen LogP contribution in [0.3, 0.4) is 0 Å². The maximum atomic E-state index is 11.3. The predicted molar refractivity (Wildman–Crippen MR) is 67.6 cm³/mol. The summed E-state index contributed by atoms with van der Waals surface area (Å²) in [4.78, 5) is 11.2. The molecule has 1 aromatic carbocycles. The summed E-state index contributed by atoms with van der Waals surface area (Å²) < 4.78 is 0. The average molecular weight is 269 g/mol. The molecule has 2 atom stereocenters. The fraction of sp³-hybridized carbons (Fsp3) is 0.462. The van der Waals surface area contributed by atoms with Crippen LogP contribution >= 0.6 is 15.9 Å². The molecule has 0 radical (unpaired) electrons. The van der Waals surface area contributed by atoms with Crippen molar-refractivity contribution < 1.29 is 4.79 Å². The van der Waals surface area contributed by atoms with Crippen molar-refractivity contribution in [1.29, 1.82) is 0 Å². The molecule has 2 heteroatoms. The predicted octanol–water partition coefficient (Wildman–Crippen LogP) is 3.71. The van der Waals surface area contributed by atoms with Gasteiger partial charge < -0.3 is 0 Å². The van der Waals surface area contributed by atoms with Crippen molar-refractivity contribution in [2.45, 2.75) is 37.9 Å². The van der Waals surface area contributed by atoms with Crippen LogP contribution in [0.2, 0.25) is 0 Å². The van der Waals surface area contributed by atoms with E-state index < -0.39 is 0 Å². The van der Waals surface area contributed by atoms with E-state index >= 15 is 0 Å². The fourth-order valence-electron chi connectivity index (χ4n) is 1.62. The van der Waals surface area contributed by atoms with Crippen molar-refractivity contribution in [3.05, 3.63) is 35.4 Å². The third-order valence-corrected chi connectivity index (χ3v) is 4.15. The standard InChI is InChI=1S/C13H17BrO/c1-4-11-6-5-7-12(8-11)9(2)13(14)10(3)15/h5-9,13H,4H2,1-3H3. The van der Waals surface area contributed by atoms with Crippen LogP contribution in [0.4, 0.5) is 0 Å². The number of ketones is 1. The summed E-state index contributed by atoms with van der Waals surface area (Å²) in [6.07, 6.45) is 1.04. The Bertz CT molecular complexity index is 346. The van der Waals surface area contributed by atoms with Crippen molar-refractivity contribution >= 4 is 21.7 Å². The summed E-state index contributed by atoms with van der Waals surface area (Å²) in [7, 11) is 0. The van der Waals surface area contributed by atoms with E-state index in [4.69, 9.17) is 0 Å². The first-order valence-electron chi connectivity index (χ1n) is 5.29. The molecule has 0 saturated heterocycles. The van der Waals surface area contributed by atoms with Gasteiger partial charge in [0.25, 0.3) is 0 Å². The van der Waals surface area contributed by atoms with Crippen molar-refractivity contribution in [2.75, 3.05) is 0 Å². The second-order valence-corrected chi connectivity index (χ2v) is 4.89. The van der Waals surface area contributed by atoms with Gasteiger partial charge in [-0.2, -0.15) is 0 Å². The maximum absolute atomic E-state index is 11.3. The molecule has 0 aliphatic rings. The Labute approximate surface area is 100 Å². The number of rotatable bonds is 4. The molecule has 2 unspecified atom stereocenters. The van der Waals surface area contributed by atoms with E-state index in [1.165, 1.54) is 11.1 Å². The number of alkyl halides is 1. The average Bonchev–Trinajstić information content (AvgIpc) is 2.27. The summed E-state index contributed by atoms with van der Waals surface area (Å²) in [5.41, 5.74) is 2.55. The minimum atomic E-state index is -0.0791. The van der Waals surface area contributed by atoms with Crippen LogP contribution in [0.5, 0.6) is 0 Å². The molecular formula is C13H17BrO. The highest BCUT2D eigenvalue weighted by Gasteiger charge is 2.19. The lowest BCUT2D eigenvalue weighted by molar-refractivity contribution is -0.116. The van der Waals surface area contributed by atoms with E-state index in [9.17, 15) is 4.79 Å². The van der Waals surface area contributed by atoms with Crippen LogP contribution in [-0.4, -0.2) is 10.6 Å². The first kappa shape index (κ1) is 12.4. The van der Waals surface area contributed by atoms with Crippen molar-refractivity contribution in [1.82, 2.24) is 0 Å². The smallest absolute Gasteiger partial charge is 0.144 e. The van der Waals surface area contributed by atoms with Crippen molar-refractivity contribution in [3.63, 3.8) is 0 Å². The van der Waals surface area contributed by atoms with E-state index in [1.54, 1.807) is 6.92 Å². The zero-order valence-electron chi connectivity index (χ0n) is 9.46. The Morgan fingerprint density at radius 1 is 1.47 bits per heavy atom. The van der Waals surface area contributed by atoms with E-state index in [0.717, 1.165) is 6.42 Å². The Balaban J connectivity index is 2.90. The van der Waals surface area contributed by atoms with Crippen molar-refractivity contribution in [2.24, 2.45) is 0 Å². The minimum absolute atomic E-state index is 0.0791. The number of carbonyl (C=O) groups is 1. The number of aryl methyl sites for hydroxylation is 1. The molecule has 0 aliphatic carbocycles. The molecule has 0 fully saturated rings. The SMILES string of the molecule is CCc1cccc(C(C)C(Br)C(C)=O)c1. The number of halogens is 1. The largest absolute Gasteiger partial charge is 0.299 e. The highest BCUT2D eigenvalue weighted by molar-refractivity contribution is 9.10. The number of hydrogen-bond acceptors (Lipinski definition) is 1. The van der Waals surface area contributed by atoms with Crippen LogP contribution in [0.15, 0.2) is 24.3 Å². The van der Waals surface area contributed by atoms with E-state index in [-0.39, 0.29) is 16.5 Å². The maximum Gasteiger partial charge on any atom is 0.144 e. The summed E-state index contributed by atoms with van der Waals surface area (Å²) in [5, 5.41) is 0. The zero-order valence-corrected chi connectivity index (χ0v) is 11.0. The molecule has 1 aromatic rings. The van der Waals surface area contributed by atoms with Gasteiger partial charge in [-0.3, -0.25) is 4.79 Å². The molecule has 0 amide bonds.